The van der Waals surface area contributed by atoms with Crippen molar-refractivity contribution in [2.24, 2.45) is 0 Å². The van der Waals surface area contributed by atoms with Crippen LogP contribution in [-0.2, 0) is 16.0 Å². The van der Waals surface area contributed by atoms with E-state index in [1.54, 1.807) is 18.4 Å². The molecule has 2 fully saturated rings. The van der Waals surface area contributed by atoms with Crippen LogP contribution in [0, 0.1) is 0 Å². The molecule has 2 aromatic rings. The van der Waals surface area contributed by atoms with Gasteiger partial charge in [-0.2, -0.15) is 0 Å². The molecule has 0 bridgehead atoms. The van der Waals surface area contributed by atoms with Crippen molar-refractivity contribution in [1.29, 1.82) is 0 Å². The van der Waals surface area contributed by atoms with Gasteiger partial charge in [0, 0.05) is 17.0 Å². The highest BCUT2D eigenvalue weighted by molar-refractivity contribution is 7.10. The van der Waals surface area contributed by atoms with Crippen LogP contribution in [0.25, 0.3) is 0 Å². The molecule has 1 atom stereocenters. The molecule has 1 aromatic carbocycles. The maximum atomic E-state index is 13.5. The van der Waals surface area contributed by atoms with Crippen LogP contribution in [0.5, 0.6) is 5.75 Å². The van der Waals surface area contributed by atoms with E-state index in [4.69, 9.17) is 4.74 Å². The third-order valence-electron chi connectivity index (χ3n) is 6.02. The average Bonchev–Trinajstić information content (AvgIpc) is 3.47. The summed E-state index contributed by atoms with van der Waals surface area (Å²) in [7, 11) is 1.62. The lowest BCUT2D eigenvalue weighted by Crippen LogP contribution is -2.48. The monoisotopic (exact) mass is 426 g/mol. The fourth-order valence-corrected chi connectivity index (χ4v) is 5.04. The third-order valence-corrected chi connectivity index (χ3v) is 6.90. The lowest BCUT2D eigenvalue weighted by atomic mass is 9.94. The Bertz CT molecular complexity index is 857. The van der Waals surface area contributed by atoms with Gasteiger partial charge in [0.1, 0.15) is 11.8 Å². The number of thiophene rings is 1. The van der Waals surface area contributed by atoms with Crippen LogP contribution in [0.2, 0.25) is 0 Å². The van der Waals surface area contributed by atoms with Crippen molar-refractivity contribution in [2.45, 2.75) is 69.5 Å². The quantitative estimate of drug-likeness (QED) is 0.677. The lowest BCUT2D eigenvalue weighted by Gasteiger charge is -2.33. The molecule has 1 aromatic heterocycles. The highest BCUT2D eigenvalue weighted by atomic mass is 32.1. The summed E-state index contributed by atoms with van der Waals surface area (Å²) >= 11 is 1.58. The molecule has 2 amide bonds. The summed E-state index contributed by atoms with van der Waals surface area (Å²) in [5.74, 6) is 0.651. The Morgan fingerprint density at radius 1 is 1.13 bits per heavy atom. The van der Waals surface area contributed by atoms with E-state index in [0.29, 0.717) is 12.2 Å². The van der Waals surface area contributed by atoms with E-state index >= 15 is 0 Å². The molecule has 2 saturated carbocycles. The maximum absolute atomic E-state index is 13.5. The van der Waals surface area contributed by atoms with Crippen LogP contribution in [0.3, 0.4) is 0 Å². The molecular formula is C24H30N2O3S. The van der Waals surface area contributed by atoms with Crippen LogP contribution in [-0.4, -0.2) is 35.9 Å². The summed E-state index contributed by atoms with van der Waals surface area (Å²) in [6.07, 6.45) is 7.81. The Morgan fingerprint density at radius 2 is 1.93 bits per heavy atom. The van der Waals surface area contributed by atoms with Gasteiger partial charge >= 0.3 is 0 Å². The Labute approximate surface area is 182 Å². The van der Waals surface area contributed by atoms with Crippen LogP contribution in [0.4, 0.5) is 0 Å². The topological polar surface area (TPSA) is 58.6 Å². The predicted molar refractivity (Wildman–Crippen MR) is 119 cm³/mol. The summed E-state index contributed by atoms with van der Waals surface area (Å²) < 4.78 is 5.40. The lowest BCUT2D eigenvalue weighted by molar-refractivity contribution is -0.141. The first-order chi connectivity index (χ1) is 14.7. The molecule has 0 radical (unpaired) electrons. The van der Waals surface area contributed by atoms with Crippen molar-refractivity contribution < 1.29 is 14.3 Å². The second-order valence-corrected chi connectivity index (χ2v) is 9.34. The van der Waals surface area contributed by atoms with Gasteiger partial charge in [0.25, 0.3) is 0 Å². The molecule has 2 aliphatic rings. The highest BCUT2D eigenvalue weighted by Crippen LogP contribution is 2.37. The number of nitrogens with zero attached hydrogens (tertiary/aromatic N) is 1. The molecule has 1 unspecified atom stereocenters. The first kappa shape index (κ1) is 20.9. The molecule has 5 nitrogen and oxygen atoms in total. The van der Waals surface area contributed by atoms with Crippen molar-refractivity contribution in [3.63, 3.8) is 0 Å². The van der Waals surface area contributed by atoms with Crippen LogP contribution < -0.4 is 10.1 Å². The third kappa shape index (κ3) is 5.04. The van der Waals surface area contributed by atoms with Crippen molar-refractivity contribution in [2.75, 3.05) is 7.11 Å². The second-order valence-electron chi connectivity index (χ2n) is 8.31. The maximum Gasteiger partial charge on any atom is 0.247 e. The molecule has 6 heteroatoms. The van der Waals surface area contributed by atoms with Crippen LogP contribution >= 0.6 is 11.3 Å². The van der Waals surface area contributed by atoms with E-state index in [1.807, 2.05) is 46.7 Å². The summed E-state index contributed by atoms with van der Waals surface area (Å²) in [6.45, 7) is 0. The fourth-order valence-electron chi connectivity index (χ4n) is 4.34. The molecule has 0 saturated heterocycles. The number of benzene rings is 1. The van der Waals surface area contributed by atoms with E-state index in [-0.39, 0.29) is 23.9 Å². The number of amides is 2. The zero-order valence-electron chi connectivity index (χ0n) is 17.5. The molecule has 1 heterocycles. The SMILES string of the molecule is COc1cccc(C(C(=O)NC2CCCCC2)N(C(=O)Cc2cccs2)C2CC2)c1. The Hall–Kier alpha value is -2.34. The van der Waals surface area contributed by atoms with Gasteiger partial charge in [0.15, 0.2) is 0 Å². The Balaban J connectivity index is 1.63. The van der Waals surface area contributed by atoms with Gasteiger partial charge in [-0.25, -0.2) is 0 Å². The van der Waals surface area contributed by atoms with Crippen LogP contribution in [0.15, 0.2) is 41.8 Å². The molecule has 0 spiro atoms. The number of carbonyl (C=O) groups is 2. The van der Waals surface area contributed by atoms with Gasteiger partial charge in [0.05, 0.1) is 13.5 Å². The summed E-state index contributed by atoms with van der Waals surface area (Å²) in [5, 5.41) is 5.25. The molecule has 4 rings (SSSR count). The Kier molecular flexibility index (Phi) is 6.72. The molecule has 160 valence electrons. The fraction of sp³-hybridized carbons (Fsp3) is 0.500. The van der Waals surface area contributed by atoms with Crippen molar-refractivity contribution in [3.05, 3.63) is 52.2 Å². The standard InChI is InChI=1S/C24H30N2O3S/c1-29-20-10-5-7-17(15-20)23(24(28)25-18-8-3-2-4-9-18)26(19-12-13-19)22(27)16-21-11-6-14-30-21/h5-7,10-11,14-15,18-19,23H,2-4,8-9,12-13,16H2,1H3,(H,25,28). The van der Waals surface area contributed by atoms with Gasteiger partial charge < -0.3 is 15.0 Å². The number of methoxy groups -OCH3 is 1. The number of ether oxygens (including phenoxy) is 1. The van der Waals surface area contributed by atoms with Crippen molar-refractivity contribution in [1.82, 2.24) is 10.2 Å². The molecular weight excluding hydrogens is 396 g/mol. The first-order valence-electron chi connectivity index (χ1n) is 10.9. The molecule has 0 aliphatic heterocycles. The zero-order valence-corrected chi connectivity index (χ0v) is 18.3. The summed E-state index contributed by atoms with van der Waals surface area (Å²) in [6, 6.07) is 11.2. The minimum atomic E-state index is -0.623. The Morgan fingerprint density at radius 3 is 2.60 bits per heavy atom. The average molecular weight is 427 g/mol. The smallest absolute Gasteiger partial charge is 0.247 e. The van der Waals surface area contributed by atoms with E-state index in [1.165, 1.54) is 6.42 Å². The first-order valence-corrected chi connectivity index (χ1v) is 11.8. The number of carbonyl (C=O) groups excluding carboxylic acids is 2. The number of hydrogen-bond acceptors (Lipinski definition) is 4. The van der Waals surface area contributed by atoms with E-state index < -0.39 is 6.04 Å². The zero-order chi connectivity index (χ0) is 20.9. The largest absolute Gasteiger partial charge is 0.497 e. The predicted octanol–water partition coefficient (Wildman–Crippen LogP) is 4.48. The van der Waals surface area contributed by atoms with Gasteiger partial charge in [-0.05, 0) is 54.8 Å². The molecule has 30 heavy (non-hydrogen) atoms. The van der Waals surface area contributed by atoms with E-state index in [9.17, 15) is 9.59 Å². The van der Waals surface area contributed by atoms with Crippen molar-refractivity contribution >= 4 is 23.2 Å². The van der Waals surface area contributed by atoms with Crippen LogP contribution in [0.1, 0.15) is 61.4 Å². The number of rotatable bonds is 8. The normalized spacial score (nSPS) is 17.9. The summed E-state index contributed by atoms with van der Waals surface area (Å²) in [4.78, 5) is 29.8. The van der Waals surface area contributed by atoms with Crippen molar-refractivity contribution in [3.8, 4) is 5.75 Å². The second kappa shape index (κ2) is 9.65. The van der Waals surface area contributed by atoms with E-state index in [2.05, 4.69) is 5.32 Å². The summed E-state index contributed by atoms with van der Waals surface area (Å²) in [5.41, 5.74) is 0.814. The molecule has 2 aliphatic carbocycles. The highest BCUT2D eigenvalue weighted by Gasteiger charge is 2.41. The number of hydrogen-bond donors (Lipinski definition) is 1. The van der Waals surface area contributed by atoms with Gasteiger partial charge in [-0.3, -0.25) is 9.59 Å². The van der Waals surface area contributed by atoms with Gasteiger partial charge in [0.2, 0.25) is 11.8 Å². The van der Waals surface area contributed by atoms with E-state index in [0.717, 1.165) is 49.0 Å². The molecule has 1 N–H and O–H groups in total. The number of nitrogens with one attached hydrogen (secondary N) is 1. The van der Waals surface area contributed by atoms with Gasteiger partial charge in [-0.15, -0.1) is 11.3 Å². The minimum absolute atomic E-state index is 0.0200. The minimum Gasteiger partial charge on any atom is -0.497 e. The van der Waals surface area contributed by atoms with Gasteiger partial charge in [-0.1, -0.05) is 37.5 Å².